The minimum Gasteiger partial charge on any atom is -0.490 e. The second-order valence-electron chi connectivity index (χ2n) is 4.12. The minimum absolute atomic E-state index is 0.250. The Morgan fingerprint density at radius 2 is 1.95 bits per heavy atom. The van der Waals surface area contributed by atoms with Crippen molar-refractivity contribution in [3.63, 3.8) is 0 Å². The number of rotatable bonds is 6. The molecule has 1 aromatic heterocycles. The summed E-state index contributed by atoms with van der Waals surface area (Å²) in [6.45, 7) is 2.68. The van der Waals surface area contributed by atoms with Crippen LogP contribution >= 0.6 is 12.2 Å². The van der Waals surface area contributed by atoms with Crippen LogP contribution in [0.4, 0.5) is 0 Å². The highest BCUT2D eigenvalue weighted by atomic mass is 32.1. The highest BCUT2D eigenvalue weighted by molar-refractivity contribution is 7.80. The van der Waals surface area contributed by atoms with Gasteiger partial charge in [0, 0.05) is 6.20 Å². The molecule has 104 valence electrons. The molecule has 0 atom stereocenters. The van der Waals surface area contributed by atoms with E-state index in [-0.39, 0.29) is 4.99 Å². The van der Waals surface area contributed by atoms with Crippen molar-refractivity contribution < 1.29 is 9.47 Å². The first-order valence-electron chi connectivity index (χ1n) is 6.37. The van der Waals surface area contributed by atoms with Gasteiger partial charge in [-0.25, -0.2) is 4.98 Å². The monoisotopic (exact) mass is 288 g/mol. The smallest absolute Gasteiger partial charge is 0.229 e. The van der Waals surface area contributed by atoms with Gasteiger partial charge < -0.3 is 15.2 Å². The van der Waals surface area contributed by atoms with Crippen LogP contribution in [0.15, 0.2) is 42.6 Å². The quantitative estimate of drug-likeness (QED) is 0.826. The van der Waals surface area contributed by atoms with E-state index in [1.807, 2.05) is 31.2 Å². The van der Waals surface area contributed by atoms with Crippen LogP contribution in [0.3, 0.4) is 0 Å². The van der Waals surface area contributed by atoms with Gasteiger partial charge in [-0.1, -0.05) is 31.3 Å². The summed E-state index contributed by atoms with van der Waals surface area (Å²) < 4.78 is 11.4. The molecule has 0 unspecified atom stereocenters. The summed E-state index contributed by atoms with van der Waals surface area (Å²) in [5, 5.41) is 0. The molecule has 1 heterocycles. The lowest BCUT2D eigenvalue weighted by Gasteiger charge is -2.13. The normalized spacial score (nSPS) is 10.1. The zero-order valence-corrected chi connectivity index (χ0v) is 12.0. The van der Waals surface area contributed by atoms with E-state index in [2.05, 4.69) is 4.98 Å². The van der Waals surface area contributed by atoms with Crippen molar-refractivity contribution in [3.05, 3.63) is 48.2 Å². The minimum atomic E-state index is 0.250. The molecule has 0 aliphatic carbocycles. The van der Waals surface area contributed by atoms with Gasteiger partial charge >= 0.3 is 0 Å². The molecule has 0 bridgehead atoms. The van der Waals surface area contributed by atoms with Gasteiger partial charge in [0.2, 0.25) is 5.88 Å². The topological polar surface area (TPSA) is 57.4 Å². The lowest BCUT2D eigenvalue weighted by atomic mass is 10.2. The number of pyridine rings is 1. The summed E-state index contributed by atoms with van der Waals surface area (Å²) in [4.78, 5) is 4.42. The van der Waals surface area contributed by atoms with Gasteiger partial charge in [-0.05, 0) is 30.7 Å². The number of benzene rings is 1. The molecule has 0 saturated heterocycles. The number of nitrogens with two attached hydrogens (primary N) is 1. The second-order valence-corrected chi connectivity index (χ2v) is 4.56. The average Bonchev–Trinajstić information content (AvgIpc) is 2.47. The van der Waals surface area contributed by atoms with E-state index in [1.54, 1.807) is 18.3 Å². The number of hydrogen-bond donors (Lipinski definition) is 1. The highest BCUT2D eigenvalue weighted by Crippen LogP contribution is 2.31. The van der Waals surface area contributed by atoms with Gasteiger partial charge in [0.05, 0.1) is 12.2 Å². The van der Waals surface area contributed by atoms with E-state index in [0.717, 1.165) is 6.42 Å². The van der Waals surface area contributed by atoms with Crippen molar-refractivity contribution in [2.45, 2.75) is 13.3 Å². The van der Waals surface area contributed by atoms with E-state index in [1.165, 1.54) is 0 Å². The van der Waals surface area contributed by atoms with Crippen molar-refractivity contribution in [2.75, 3.05) is 6.61 Å². The van der Waals surface area contributed by atoms with Crippen molar-refractivity contribution in [2.24, 2.45) is 5.73 Å². The van der Waals surface area contributed by atoms with Crippen LogP contribution in [0.2, 0.25) is 0 Å². The lowest BCUT2D eigenvalue weighted by Crippen LogP contribution is -2.11. The third-order valence-corrected chi connectivity index (χ3v) is 2.77. The Labute approximate surface area is 123 Å². The molecule has 0 aliphatic heterocycles. The second kappa shape index (κ2) is 6.86. The molecule has 0 saturated carbocycles. The molecule has 2 rings (SSSR count). The lowest BCUT2D eigenvalue weighted by molar-refractivity contribution is 0.300. The number of thiocarbonyl (C=S) groups is 1. The van der Waals surface area contributed by atoms with E-state index in [4.69, 9.17) is 27.4 Å². The molecule has 0 radical (unpaired) electrons. The van der Waals surface area contributed by atoms with Crippen LogP contribution in [0.1, 0.15) is 18.9 Å². The maximum absolute atomic E-state index is 5.80. The molecule has 0 spiro atoms. The van der Waals surface area contributed by atoms with Crippen LogP contribution in [-0.4, -0.2) is 16.6 Å². The Morgan fingerprint density at radius 1 is 1.20 bits per heavy atom. The molecule has 5 heteroatoms. The standard InChI is InChI=1S/C15H16N2O2S/c1-2-10-18-12-7-3-4-8-13(12)19-15-11(14(16)20)6-5-9-17-15/h3-9H,2,10H2,1H3,(H2,16,20). The van der Waals surface area contributed by atoms with Gasteiger partial charge in [-0.3, -0.25) is 0 Å². The summed E-state index contributed by atoms with van der Waals surface area (Å²) in [7, 11) is 0. The highest BCUT2D eigenvalue weighted by Gasteiger charge is 2.11. The summed E-state index contributed by atoms with van der Waals surface area (Å²) >= 11 is 5.00. The van der Waals surface area contributed by atoms with Crippen LogP contribution in [0.25, 0.3) is 0 Å². The Balaban J connectivity index is 2.28. The average molecular weight is 288 g/mol. The third-order valence-electron chi connectivity index (χ3n) is 2.55. The number of nitrogens with zero attached hydrogens (tertiary/aromatic N) is 1. The molecule has 2 aromatic rings. The Hall–Kier alpha value is -2.14. The van der Waals surface area contributed by atoms with Crippen molar-refractivity contribution in [1.82, 2.24) is 4.98 Å². The van der Waals surface area contributed by atoms with Gasteiger partial charge in [-0.2, -0.15) is 0 Å². The van der Waals surface area contributed by atoms with E-state index in [9.17, 15) is 0 Å². The fraction of sp³-hybridized carbons (Fsp3) is 0.200. The number of aromatic nitrogens is 1. The number of para-hydroxylation sites is 2. The van der Waals surface area contributed by atoms with E-state index >= 15 is 0 Å². The zero-order valence-electron chi connectivity index (χ0n) is 11.2. The van der Waals surface area contributed by atoms with Crippen LogP contribution in [0.5, 0.6) is 17.4 Å². The first kappa shape index (κ1) is 14.3. The van der Waals surface area contributed by atoms with Crippen molar-refractivity contribution >= 4 is 17.2 Å². The fourth-order valence-electron chi connectivity index (χ4n) is 1.63. The van der Waals surface area contributed by atoms with Gasteiger partial charge in [0.1, 0.15) is 4.99 Å². The van der Waals surface area contributed by atoms with E-state index in [0.29, 0.717) is 29.5 Å². The molecule has 1 aromatic carbocycles. The van der Waals surface area contributed by atoms with E-state index < -0.39 is 0 Å². The molecule has 20 heavy (non-hydrogen) atoms. The van der Waals surface area contributed by atoms with Crippen molar-refractivity contribution in [1.29, 1.82) is 0 Å². The predicted octanol–water partition coefficient (Wildman–Crippen LogP) is 3.30. The first-order chi connectivity index (χ1) is 9.72. The molecule has 0 aliphatic rings. The molecular weight excluding hydrogens is 272 g/mol. The van der Waals surface area contributed by atoms with Crippen LogP contribution in [-0.2, 0) is 0 Å². The summed E-state index contributed by atoms with van der Waals surface area (Å²) in [5.41, 5.74) is 6.27. The Kier molecular flexibility index (Phi) is 4.90. The summed E-state index contributed by atoms with van der Waals surface area (Å²) in [6, 6.07) is 11.0. The van der Waals surface area contributed by atoms with Gasteiger partial charge in [-0.15, -0.1) is 0 Å². The SMILES string of the molecule is CCCOc1ccccc1Oc1ncccc1C(N)=S. The molecule has 0 fully saturated rings. The maximum atomic E-state index is 5.80. The maximum Gasteiger partial charge on any atom is 0.229 e. The molecule has 4 nitrogen and oxygen atoms in total. The molecular formula is C15H16N2O2S. The van der Waals surface area contributed by atoms with Crippen molar-refractivity contribution in [3.8, 4) is 17.4 Å². The predicted molar refractivity (Wildman–Crippen MR) is 82.4 cm³/mol. The summed E-state index contributed by atoms with van der Waals surface area (Å²) in [5.74, 6) is 1.65. The first-order valence-corrected chi connectivity index (χ1v) is 6.77. The van der Waals surface area contributed by atoms with Crippen LogP contribution < -0.4 is 15.2 Å². The Morgan fingerprint density at radius 3 is 2.65 bits per heavy atom. The Bertz CT molecular complexity index is 602. The van der Waals surface area contributed by atoms with Gasteiger partial charge in [0.25, 0.3) is 0 Å². The molecule has 0 amide bonds. The number of hydrogen-bond acceptors (Lipinski definition) is 4. The zero-order chi connectivity index (χ0) is 14.4. The third kappa shape index (κ3) is 3.45. The number of ether oxygens (including phenoxy) is 2. The van der Waals surface area contributed by atoms with Crippen LogP contribution in [0, 0.1) is 0 Å². The largest absolute Gasteiger partial charge is 0.490 e. The fourth-order valence-corrected chi connectivity index (χ4v) is 1.78. The summed E-state index contributed by atoms with van der Waals surface area (Å²) in [6.07, 6.45) is 2.56. The molecule has 2 N–H and O–H groups in total. The van der Waals surface area contributed by atoms with Gasteiger partial charge in [0.15, 0.2) is 11.5 Å².